The molecule has 1 aliphatic carbocycles. The number of aromatic nitrogens is 1. The molecule has 1 saturated heterocycles. The van der Waals surface area contributed by atoms with Crippen LogP contribution in [0.4, 0.5) is 20.8 Å². The normalized spacial score (nSPS) is 15.8. The van der Waals surface area contributed by atoms with Crippen LogP contribution < -0.4 is 25.7 Å². The molecule has 0 radical (unpaired) electrons. The molecule has 0 bridgehead atoms. The van der Waals surface area contributed by atoms with Crippen molar-refractivity contribution in [3.8, 4) is 5.75 Å². The summed E-state index contributed by atoms with van der Waals surface area (Å²) in [5, 5.41) is 16.4. The van der Waals surface area contributed by atoms with Crippen LogP contribution in [0.25, 0.3) is 10.9 Å². The summed E-state index contributed by atoms with van der Waals surface area (Å²) in [7, 11) is 1.41. The molecule has 15 heteroatoms. The Hall–Kier alpha value is -5.02. The number of nitrogens with zero attached hydrogens (tertiary/aromatic N) is 3. The number of amides is 1. The summed E-state index contributed by atoms with van der Waals surface area (Å²) in [6.07, 6.45) is 2.93. The average molecular weight is 736 g/mol. The Morgan fingerprint density at radius 2 is 1.86 bits per heavy atom. The van der Waals surface area contributed by atoms with Crippen molar-refractivity contribution in [2.45, 2.75) is 52.6 Å². The number of para-hydroxylation sites is 1. The molecule has 1 saturated carbocycles. The zero-order valence-corrected chi connectivity index (χ0v) is 30.4. The molecule has 1 aliphatic heterocycles. The number of ether oxygens (including phenoxy) is 2. The molecule has 3 heterocycles. The second-order valence-electron chi connectivity index (χ2n) is 12.6. The summed E-state index contributed by atoms with van der Waals surface area (Å²) in [5.41, 5.74) is 1.59. The van der Waals surface area contributed by atoms with Crippen molar-refractivity contribution < 1.29 is 33.4 Å². The molecule has 3 N–H and O–H groups in total. The predicted molar refractivity (Wildman–Crippen MR) is 199 cm³/mol. The Kier molecular flexibility index (Phi) is 10.0. The van der Waals surface area contributed by atoms with Gasteiger partial charge in [0.2, 0.25) is 5.43 Å². The van der Waals surface area contributed by atoms with Crippen LogP contribution in [0.5, 0.6) is 5.75 Å². The number of nitrogens with one attached hydrogen (secondary N) is 2. The standard InChI is InChI=1S/C36H38FN5O7S2/c1-6-49-35(47)26-20(4)31(32(44)38-25-10-8-7-9-18(25)2)51-33(26)39-36(50)41-14-13-40(16-19(41)3)28-24(37)15-22-27(30(28)48-5)42(21-11-12-21)17-23(29(22)43)34(45)46/h7-10,15,17,19,21H,6,11-14,16H2,1-5H3,(H,38,44)(H,39,50)(H,45,46). The van der Waals surface area contributed by atoms with Crippen LogP contribution in [0, 0.1) is 19.7 Å². The number of hydrogen-bond acceptors (Lipinski definition) is 9. The number of aryl methyl sites for hydroxylation is 1. The van der Waals surface area contributed by atoms with Gasteiger partial charge in [0, 0.05) is 43.6 Å². The van der Waals surface area contributed by atoms with Crippen molar-refractivity contribution in [1.82, 2.24) is 9.47 Å². The summed E-state index contributed by atoms with van der Waals surface area (Å²) >= 11 is 6.95. The third-order valence-electron chi connectivity index (χ3n) is 9.22. The number of rotatable bonds is 9. The zero-order chi connectivity index (χ0) is 36.7. The van der Waals surface area contributed by atoms with Crippen LogP contribution in [0.2, 0.25) is 0 Å². The fraction of sp³-hybridized carbons (Fsp3) is 0.361. The number of piperazine rings is 1. The van der Waals surface area contributed by atoms with Gasteiger partial charge in [-0.2, -0.15) is 0 Å². The van der Waals surface area contributed by atoms with E-state index in [9.17, 15) is 24.3 Å². The van der Waals surface area contributed by atoms with Crippen molar-refractivity contribution in [3.05, 3.63) is 79.7 Å². The van der Waals surface area contributed by atoms with Gasteiger partial charge in [-0.15, -0.1) is 11.3 Å². The summed E-state index contributed by atoms with van der Waals surface area (Å²) in [6, 6.07) is 8.23. The Morgan fingerprint density at radius 3 is 2.49 bits per heavy atom. The number of carboxylic acid groups (broad SMARTS) is 1. The second-order valence-corrected chi connectivity index (χ2v) is 14.0. The Labute approximate surface area is 302 Å². The van der Waals surface area contributed by atoms with Crippen molar-refractivity contribution in [3.63, 3.8) is 0 Å². The Balaban J connectivity index is 1.27. The molecule has 1 unspecified atom stereocenters. The number of anilines is 3. The number of aromatic carboxylic acids is 1. The fourth-order valence-corrected chi connectivity index (χ4v) is 8.04. The van der Waals surface area contributed by atoms with Gasteiger partial charge in [-0.3, -0.25) is 9.59 Å². The number of esters is 1. The molecule has 12 nitrogen and oxygen atoms in total. The number of pyridine rings is 1. The first kappa shape index (κ1) is 35.8. The quantitative estimate of drug-likeness (QED) is 0.134. The molecule has 2 fully saturated rings. The van der Waals surface area contributed by atoms with Crippen molar-refractivity contribution >= 4 is 73.8 Å². The lowest BCUT2D eigenvalue weighted by Crippen LogP contribution is -2.55. The number of benzene rings is 2. The van der Waals surface area contributed by atoms with Crippen molar-refractivity contribution in [1.29, 1.82) is 0 Å². The van der Waals surface area contributed by atoms with E-state index in [1.54, 1.807) is 24.5 Å². The molecular weight excluding hydrogens is 698 g/mol. The van der Waals surface area contributed by atoms with Crippen LogP contribution in [0.15, 0.2) is 41.3 Å². The minimum absolute atomic E-state index is 0.0212. The highest BCUT2D eigenvalue weighted by atomic mass is 32.1. The zero-order valence-electron chi connectivity index (χ0n) is 28.8. The van der Waals surface area contributed by atoms with Gasteiger partial charge in [0.15, 0.2) is 16.7 Å². The maximum atomic E-state index is 16.0. The molecule has 6 rings (SSSR count). The Bertz CT molecular complexity index is 2140. The van der Waals surface area contributed by atoms with Crippen LogP contribution in [0.1, 0.15) is 74.2 Å². The second kappa shape index (κ2) is 14.3. The number of thiocarbonyl (C=S) groups is 1. The van der Waals surface area contributed by atoms with E-state index in [4.69, 9.17) is 21.7 Å². The Morgan fingerprint density at radius 1 is 1.14 bits per heavy atom. The monoisotopic (exact) mass is 735 g/mol. The lowest BCUT2D eigenvalue weighted by molar-refractivity contribution is 0.0526. The molecule has 4 aromatic rings. The van der Waals surface area contributed by atoms with Crippen molar-refractivity contribution in [2.24, 2.45) is 0 Å². The number of fused-ring (bicyclic) bond motifs is 1. The molecule has 1 atom stereocenters. The van der Waals surface area contributed by atoms with E-state index in [1.807, 2.05) is 41.8 Å². The van der Waals surface area contributed by atoms with Gasteiger partial charge in [0.1, 0.15) is 16.3 Å². The molecule has 1 amide bonds. The molecular formula is C36H38FN5O7S2. The van der Waals surface area contributed by atoms with E-state index in [2.05, 4.69) is 10.6 Å². The lowest BCUT2D eigenvalue weighted by Gasteiger charge is -2.42. The molecule has 268 valence electrons. The van der Waals surface area contributed by atoms with Crippen LogP contribution in [-0.2, 0) is 4.74 Å². The highest BCUT2D eigenvalue weighted by Crippen LogP contribution is 2.44. The van der Waals surface area contributed by atoms with Crippen LogP contribution in [-0.4, -0.2) is 76.9 Å². The topological polar surface area (TPSA) is 142 Å². The van der Waals surface area contributed by atoms with E-state index in [0.717, 1.165) is 35.8 Å². The summed E-state index contributed by atoms with van der Waals surface area (Å²) < 4.78 is 28.8. The molecule has 2 aromatic heterocycles. The number of carbonyl (C=O) groups excluding carboxylic acids is 2. The number of halogens is 1. The van der Waals surface area contributed by atoms with Gasteiger partial charge in [0.25, 0.3) is 5.91 Å². The first-order valence-corrected chi connectivity index (χ1v) is 17.8. The van der Waals surface area contributed by atoms with Gasteiger partial charge in [0.05, 0.1) is 35.1 Å². The van der Waals surface area contributed by atoms with E-state index in [0.29, 0.717) is 51.4 Å². The number of hydrogen-bond donors (Lipinski definition) is 3. The predicted octanol–water partition coefficient (Wildman–Crippen LogP) is 6.20. The number of carboxylic acids is 1. The van der Waals surface area contributed by atoms with Gasteiger partial charge in [-0.25, -0.2) is 14.0 Å². The van der Waals surface area contributed by atoms with E-state index >= 15 is 4.39 Å². The fourth-order valence-electron chi connectivity index (χ4n) is 6.51. The maximum absolute atomic E-state index is 16.0. The minimum Gasteiger partial charge on any atom is -0.492 e. The third-order valence-corrected chi connectivity index (χ3v) is 10.8. The average Bonchev–Trinajstić information content (AvgIpc) is 3.88. The van der Waals surface area contributed by atoms with Crippen LogP contribution >= 0.6 is 23.6 Å². The molecule has 0 spiro atoms. The van der Waals surface area contributed by atoms with Crippen molar-refractivity contribution in [2.75, 3.05) is 48.9 Å². The summed E-state index contributed by atoms with van der Waals surface area (Å²) in [6.45, 7) is 8.37. The van der Waals surface area contributed by atoms with E-state index in [1.165, 1.54) is 13.3 Å². The summed E-state index contributed by atoms with van der Waals surface area (Å²) in [5.74, 6) is -2.85. The molecule has 51 heavy (non-hydrogen) atoms. The van der Waals surface area contributed by atoms with Gasteiger partial charge < -0.3 is 39.6 Å². The number of carbonyl (C=O) groups is 3. The minimum atomic E-state index is -1.37. The number of thiophene rings is 1. The summed E-state index contributed by atoms with van der Waals surface area (Å²) in [4.78, 5) is 55.6. The van der Waals surface area contributed by atoms with Gasteiger partial charge >= 0.3 is 11.9 Å². The maximum Gasteiger partial charge on any atom is 0.341 e. The molecule has 2 aromatic carbocycles. The first-order chi connectivity index (χ1) is 24.4. The first-order valence-electron chi connectivity index (χ1n) is 16.5. The largest absolute Gasteiger partial charge is 0.492 e. The smallest absolute Gasteiger partial charge is 0.341 e. The van der Waals surface area contributed by atoms with E-state index < -0.39 is 28.7 Å². The third kappa shape index (κ3) is 6.75. The van der Waals surface area contributed by atoms with E-state index in [-0.39, 0.29) is 47.0 Å². The number of methoxy groups -OCH3 is 1. The highest BCUT2D eigenvalue weighted by molar-refractivity contribution is 7.80. The molecule has 2 aliphatic rings. The van der Waals surface area contributed by atoms with Crippen LogP contribution in [0.3, 0.4) is 0 Å². The SMILES string of the molecule is CCOC(=O)c1c(NC(=S)N2CCN(c3c(F)cc4c(=O)c(C(=O)O)cn(C5CC5)c4c3OC)CC2C)sc(C(=O)Nc2ccccc2C)c1C. The van der Waals surface area contributed by atoms with Gasteiger partial charge in [-0.05, 0) is 76.0 Å². The lowest BCUT2D eigenvalue weighted by atomic mass is 10.1. The van der Waals surface area contributed by atoms with Gasteiger partial charge in [-0.1, -0.05) is 18.2 Å². The highest BCUT2D eigenvalue weighted by Gasteiger charge is 2.35.